The SMILES string of the molecule is CSc1cnc(C[C@H]2CC[C@H](Cc3nc4ccc(C(=O)N5CCC(C)CC5)cc4s3)C2)nc1. The molecule has 1 saturated heterocycles. The minimum Gasteiger partial charge on any atom is -0.339 e. The van der Waals surface area contributed by atoms with Gasteiger partial charge in [-0.3, -0.25) is 4.79 Å². The molecule has 3 aromatic rings. The zero-order chi connectivity index (χ0) is 22.8. The summed E-state index contributed by atoms with van der Waals surface area (Å²) in [5.41, 5.74) is 1.83. The summed E-state index contributed by atoms with van der Waals surface area (Å²) in [5, 5.41) is 1.20. The van der Waals surface area contributed by atoms with Gasteiger partial charge in [0.05, 0.1) is 15.2 Å². The highest BCUT2D eigenvalue weighted by Crippen LogP contribution is 2.36. The fourth-order valence-corrected chi connectivity index (χ4v) is 6.63. The molecule has 1 saturated carbocycles. The second kappa shape index (κ2) is 10.1. The lowest BCUT2D eigenvalue weighted by Gasteiger charge is -2.30. The summed E-state index contributed by atoms with van der Waals surface area (Å²) in [4.78, 5) is 30.1. The van der Waals surface area contributed by atoms with Crippen molar-refractivity contribution in [3.63, 3.8) is 0 Å². The van der Waals surface area contributed by atoms with Crippen LogP contribution in [0, 0.1) is 17.8 Å². The standard InChI is InChI=1S/C26H32N4OS2/c1-17-7-9-30(10-8-17)26(31)20-5-6-22-23(14-20)33-25(29-22)13-19-4-3-18(11-19)12-24-27-15-21(32-2)16-28-24/h5-6,14-19H,3-4,7-13H2,1-2H3/t18-,19-/m0/s1. The second-order valence-corrected chi connectivity index (χ2v) is 11.8. The summed E-state index contributed by atoms with van der Waals surface area (Å²) >= 11 is 3.44. The van der Waals surface area contributed by atoms with E-state index in [2.05, 4.69) is 29.2 Å². The van der Waals surface area contributed by atoms with E-state index in [1.54, 1.807) is 23.1 Å². The molecule has 0 unspecified atom stereocenters. The van der Waals surface area contributed by atoms with E-state index >= 15 is 0 Å². The second-order valence-electron chi connectivity index (χ2n) is 9.76. The molecule has 1 amide bonds. The van der Waals surface area contributed by atoms with Crippen LogP contribution in [0.1, 0.15) is 60.2 Å². The van der Waals surface area contributed by atoms with Crippen molar-refractivity contribution in [3.8, 4) is 0 Å². The van der Waals surface area contributed by atoms with Crippen LogP contribution in [0.2, 0.25) is 0 Å². The number of carbonyl (C=O) groups excluding carboxylic acids is 1. The first-order chi connectivity index (χ1) is 16.1. The molecule has 0 spiro atoms. The molecule has 2 atom stereocenters. The number of fused-ring (bicyclic) bond motifs is 1. The third-order valence-corrected chi connectivity index (χ3v) is 8.97. The number of thioether (sulfide) groups is 1. The topological polar surface area (TPSA) is 59.0 Å². The Balaban J connectivity index is 1.19. The van der Waals surface area contributed by atoms with Crippen molar-refractivity contribution in [2.24, 2.45) is 17.8 Å². The van der Waals surface area contributed by atoms with Crippen molar-refractivity contribution in [2.75, 3.05) is 19.3 Å². The molecule has 0 radical (unpaired) electrons. The van der Waals surface area contributed by atoms with Gasteiger partial charge in [-0.15, -0.1) is 23.1 Å². The zero-order valence-corrected chi connectivity index (χ0v) is 21.1. The average Bonchev–Trinajstić information content (AvgIpc) is 3.45. The highest BCUT2D eigenvalue weighted by atomic mass is 32.2. The maximum absolute atomic E-state index is 13.0. The predicted molar refractivity (Wildman–Crippen MR) is 136 cm³/mol. The van der Waals surface area contributed by atoms with Crippen LogP contribution in [-0.4, -0.2) is 45.1 Å². The fraction of sp³-hybridized carbons (Fsp3) is 0.538. The van der Waals surface area contributed by atoms with E-state index in [0.29, 0.717) is 11.8 Å². The first-order valence-electron chi connectivity index (χ1n) is 12.1. The lowest BCUT2D eigenvalue weighted by atomic mass is 9.98. The van der Waals surface area contributed by atoms with Gasteiger partial charge in [0, 0.05) is 48.8 Å². The Morgan fingerprint density at radius 2 is 1.82 bits per heavy atom. The molecule has 5 rings (SSSR count). The number of carbonyl (C=O) groups is 1. The Morgan fingerprint density at radius 1 is 1.09 bits per heavy atom. The number of piperidine rings is 1. The van der Waals surface area contributed by atoms with Gasteiger partial charge in [0.1, 0.15) is 5.82 Å². The first kappa shape index (κ1) is 22.8. The Labute approximate surface area is 204 Å². The molecule has 2 aliphatic rings. The minimum atomic E-state index is 0.171. The molecule has 1 aliphatic heterocycles. The van der Waals surface area contributed by atoms with Crippen molar-refractivity contribution in [2.45, 2.75) is 56.8 Å². The Morgan fingerprint density at radius 3 is 2.55 bits per heavy atom. The smallest absolute Gasteiger partial charge is 0.253 e. The number of nitrogens with zero attached hydrogens (tertiary/aromatic N) is 4. The van der Waals surface area contributed by atoms with E-state index in [-0.39, 0.29) is 5.91 Å². The van der Waals surface area contributed by atoms with E-state index in [4.69, 9.17) is 4.98 Å². The number of hydrogen-bond donors (Lipinski definition) is 0. The van der Waals surface area contributed by atoms with Gasteiger partial charge in [-0.25, -0.2) is 15.0 Å². The molecule has 5 nitrogen and oxygen atoms in total. The van der Waals surface area contributed by atoms with Crippen molar-refractivity contribution in [1.29, 1.82) is 0 Å². The molecule has 174 valence electrons. The molecule has 33 heavy (non-hydrogen) atoms. The fourth-order valence-electron chi connectivity index (χ4n) is 5.20. The number of aromatic nitrogens is 3. The van der Waals surface area contributed by atoms with Crippen LogP contribution in [0.5, 0.6) is 0 Å². The van der Waals surface area contributed by atoms with Crippen LogP contribution in [0.3, 0.4) is 0 Å². The summed E-state index contributed by atoms with van der Waals surface area (Å²) in [6, 6.07) is 6.05. The van der Waals surface area contributed by atoms with Gasteiger partial charge in [0.15, 0.2) is 0 Å². The number of thiazole rings is 1. The molecule has 0 N–H and O–H groups in total. The van der Waals surface area contributed by atoms with E-state index in [9.17, 15) is 4.79 Å². The lowest BCUT2D eigenvalue weighted by molar-refractivity contribution is 0.0697. The lowest BCUT2D eigenvalue weighted by Crippen LogP contribution is -2.37. The van der Waals surface area contributed by atoms with Crippen LogP contribution < -0.4 is 0 Å². The molecular weight excluding hydrogens is 448 g/mol. The number of hydrogen-bond acceptors (Lipinski definition) is 6. The van der Waals surface area contributed by atoms with Gasteiger partial charge in [0.2, 0.25) is 0 Å². The maximum Gasteiger partial charge on any atom is 0.253 e. The number of amides is 1. The summed E-state index contributed by atoms with van der Waals surface area (Å²) < 4.78 is 1.14. The molecule has 2 fully saturated rings. The van der Waals surface area contributed by atoms with E-state index in [0.717, 1.165) is 71.2 Å². The third kappa shape index (κ3) is 5.40. The monoisotopic (exact) mass is 480 g/mol. The minimum absolute atomic E-state index is 0.171. The third-order valence-electron chi connectivity index (χ3n) is 7.25. The van der Waals surface area contributed by atoms with Crippen molar-refractivity contribution in [3.05, 3.63) is 47.0 Å². The van der Waals surface area contributed by atoms with Gasteiger partial charge in [-0.2, -0.15) is 0 Å². The predicted octanol–water partition coefficient (Wildman–Crippen LogP) is 5.88. The van der Waals surface area contributed by atoms with Gasteiger partial charge in [-0.1, -0.05) is 6.92 Å². The van der Waals surface area contributed by atoms with E-state index < -0.39 is 0 Å². The number of likely N-dealkylation sites (tertiary alicyclic amines) is 1. The molecule has 1 aliphatic carbocycles. The summed E-state index contributed by atoms with van der Waals surface area (Å²) in [7, 11) is 0. The highest BCUT2D eigenvalue weighted by Gasteiger charge is 2.27. The largest absolute Gasteiger partial charge is 0.339 e. The highest BCUT2D eigenvalue weighted by molar-refractivity contribution is 7.98. The molecular formula is C26H32N4OS2. The summed E-state index contributed by atoms with van der Waals surface area (Å²) in [6.07, 6.45) is 13.9. The van der Waals surface area contributed by atoms with Crippen molar-refractivity contribution >= 4 is 39.2 Å². The summed E-state index contributed by atoms with van der Waals surface area (Å²) in [6.45, 7) is 4.03. The van der Waals surface area contributed by atoms with Crippen LogP contribution >= 0.6 is 23.1 Å². The Bertz CT molecular complexity index is 1110. The van der Waals surface area contributed by atoms with Crippen LogP contribution in [0.4, 0.5) is 0 Å². The first-order valence-corrected chi connectivity index (χ1v) is 14.1. The van der Waals surface area contributed by atoms with Gasteiger partial charge in [-0.05, 0) is 74.3 Å². The Kier molecular flexibility index (Phi) is 6.97. The van der Waals surface area contributed by atoms with Crippen LogP contribution in [-0.2, 0) is 12.8 Å². The quantitative estimate of drug-likeness (QED) is 0.412. The van der Waals surface area contributed by atoms with E-state index in [1.165, 1.54) is 24.3 Å². The normalized spacial score (nSPS) is 21.7. The average molecular weight is 481 g/mol. The van der Waals surface area contributed by atoms with Crippen LogP contribution in [0.15, 0.2) is 35.5 Å². The molecule has 3 heterocycles. The van der Waals surface area contributed by atoms with Crippen molar-refractivity contribution in [1.82, 2.24) is 19.9 Å². The maximum atomic E-state index is 13.0. The molecule has 2 aromatic heterocycles. The van der Waals surface area contributed by atoms with Crippen LogP contribution in [0.25, 0.3) is 10.2 Å². The van der Waals surface area contributed by atoms with Gasteiger partial charge in [0.25, 0.3) is 5.91 Å². The number of benzene rings is 1. The van der Waals surface area contributed by atoms with Gasteiger partial charge < -0.3 is 4.90 Å². The zero-order valence-electron chi connectivity index (χ0n) is 19.5. The van der Waals surface area contributed by atoms with Gasteiger partial charge >= 0.3 is 0 Å². The van der Waals surface area contributed by atoms with E-state index in [1.807, 2.05) is 29.4 Å². The summed E-state index contributed by atoms with van der Waals surface area (Å²) in [5.74, 6) is 3.21. The molecule has 7 heteroatoms. The molecule has 0 bridgehead atoms. The number of rotatable bonds is 6. The molecule has 1 aromatic carbocycles. The Hall–Kier alpha value is -1.99. The van der Waals surface area contributed by atoms with Crippen molar-refractivity contribution < 1.29 is 4.79 Å².